The lowest BCUT2D eigenvalue weighted by atomic mass is 9.54. The Morgan fingerprint density at radius 2 is 1.33 bits per heavy atom. The monoisotopic (exact) mass is 1570 g/mol. The number of allylic oxidation sites excluding steroid dienone is 1. The molecular formula is C69H78Cl2IN9O21. The number of phenolic OH excluding ortho intramolecular Hbond substituents is 1. The number of halogens is 3. The molecule has 6 aliphatic heterocycles. The molecule has 0 spiro atoms. The number of hydrogen-bond donors (Lipinski definition) is 18. The molecule has 546 valence electrons. The molecule has 4 aromatic rings. The largest absolute Gasteiger partial charge is 0.508 e. The fraction of sp³-hybridized carbons (Fsp3) is 0.478. The van der Waals surface area contributed by atoms with E-state index in [4.69, 9.17) is 47.9 Å². The molecule has 6 heterocycles. The van der Waals surface area contributed by atoms with Gasteiger partial charge in [0.15, 0.2) is 21.1 Å². The molecule has 0 radical (unpaired) electrons. The maximum absolute atomic E-state index is 16.1. The molecule has 15 rings (SSSR count). The fourth-order valence-electron chi connectivity index (χ4n) is 15.4. The molecule has 33 heteroatoms. The molecular weight excluding hydrogens is 1490 g/mol. The van der Waals surface area contributed by atoms with Gasteiger partial charge in [-0.15, -0.1) is 0 Å². The molecule has 15 atom stereocenters. The highest BCUT2D eigenvalue weighted by molar-refractivity contribution is 14.1. The summed E-state index contributed by atoms with van der Waals surface area (Å²) in [7, 11) is 1.49. The number of rotatable bonds is 12. The predicted octanol–water partition coefficient (Wildman–Crippen LogP) is 1.48. The molecule has 102 heavy (non-hydrogen) atoms. The number of phenols is 1. The molecule has 1 saturated heterocycles. The lowest BCUT2D eigenvalue weighted by molar-refractivity contribution is -0.277. The third-order valence-electron chi connectivity index (χ3n) is 20.3. The van der Waals surface area contributed by atoms with E-state index in [9.17, 15) is 55.5 Å². The van der Waals surface area contributed by atoms with Gasteiger partial charge in [-0.05, 0) is 180 Å². The number of ether oxygens (including phenoxy) is 4. The van der Waals surface area contributed by atoms with E-state index in [1.807, 2.05) is 13.8 Å². The van der Waals surface area contributed by atoms with Crippen LogP contribution in [0.4, 0.5) is 0 Å². The number of benzene rings is 4. The third-order valence-corrected chi connectivity index (χ3v) is 22.1. The van der Waals surface area contributed by atoms with Crippen LogP contribution in [0.3, 0.4) is 0 Å². The Morgan fingerprint density at radius 3 is 1.95 bits per heavy atom. The minimum Gasteiger partial charge on any atom is -0.508 e. The van der Waals surface area contributed by atoms with E-state index < -0.39 is 190 Å². The summed E-state index contributed by atoms with van der Waals surface area (Å²) in [5.74, 6) is -12.0. The molecule has 7 unspecified atom stereocenters. The number of alkyl halides is 1. The summed E-state index contributed by atoms with van der Waals surface area (Å²) in [5, 5.41) is 125. The first-order chi connectivity index (χ1) is 48.4. The van der Waals surface area contributed by atoms with Crippen molar-refractivity contribution in [1.29, 1.82) is 0 Å². The highest BCUT2D eigenvalue weighted by Gasteiger charge is 2.52. The van der Waals surface area contributed by atoms with Crippen molar-refractivity contribution in [1.82, 2.24) is 42.5 Å². The molecule has 4 aromatic carbocycles. The van der Waals surface area contributed by atoms with Crippen molar-refractivity contribution in [2.75, 3.05) is 13.7 Å². The second-order valence-corrected chi connectivity index (χ2v) is 30.2. The van der Waals surface area contributed by atoms with Crippen molar-refractivity contribution >= 4 is 98.6 Å². The van der Waals surface area contributed by atoms with E-state index in [1.165, 1.54) is 66.0 Å². The van der Waals surface area contributed by atoms with E-state index in [0.717, 1.165) is 68.5 Å². The molecule has 19 N–H and O–H groups in total. The van der Waals surface area contributed by atoms with Gasteiger partial charge in [-0.2, -0.15) is 0 Å². The first kappa shape index (κ1) is 73.8. The van der Waals surface area contributed by atoms with Crippen LogP contribution in [0.5, 0.6) is 34.5 Å². The molecule has 4 saturated carbocycles. The maximum atomic E-state index is 16.1. The number of carbonyl (C=O) groups excluding carboxylic acids is 8. The van der Waals surface area contributed by atoms with Crippen molar-refractivity contribution in [3.63, 3.8) is 0 Å². The number of fused-ring (bicyclic) bond motifs is 14. The average molecular weight is 1570 g/mol. The molecule has 11 aliphatic rings. The summed E-state index contributed by atoms with van der Waals surface area (Å²) in [5.41, 5.74) is 4.07. The van der Waals surface area contributed by atoms with Gasteiger partial charge >= 0.3 is 0 Å². The number of aliphatic hydroxyl groups excluding tert-OH is 7. The third kappa shape index (κ3) is 14.8. The van der Waals surface area contributed by atoms with Gasteiger partial charge in [0.2, 0.25) is 59.3 Å². The van der Waals surface area contributed by atoms with Crippen LogP contribution >= 0.6 is 45.8 Å². The molecule has 15 bridgehead atoms. The van der Waals surface area contributed by atoms with Crippen LogP contribution in [0.2, 0.25) is 10.0 Å². The van der Waals surface area contributed by atoms with E-state index in [0.29, 0.717) is 11.8 Å². The Morgan fingerprint density at radius 1 is 0.716 bits per heavy atom. The normalized spacial score (nSPS) is 32.5. The summed E-state index contributed by atoms with van der Waals surface area (Å²) in [6.45, 7) is 2.73. The van der Waals surface area contributed by atoms with Crippen LogP contribution in [0.1, 0.15) is 111 Å². The highest BCUT2D eigenvalue weighted by atomic mass is 127. The first-order valence-electron chi connectivity index (χ1n) is 33.3. The van der Waals surface area contributed by atoms with Crippen molar-refractivity contribution in [3.8, 4) is 34.5 Å². The minimum atomic E-state index is -2.52. The van der Waals surface area contributed by atoms with Crippen LogP contribution in [0.25, 0.3) is 5.57 Å². The van der Waals surface area contributed by atoms with E-state index in [1.54, 1.807) is 0 Å². The summed E-state index contributed by atoms with van der Waals surface area (Å²) in [6, 6.07) is -1.19. The Kier molecular flexibility index (Phi) is 21.5. The fourth-order valence-corrected chi connectivity index (χ4v) is 16.7. The predicted molar refractivity (Wildman–Crippen MR) is 368 cm³/mol. The van der Waals surface area contributed by atoms with Crippen LogP contribution in [0, 0.1) is 29.6 Å². The zero-order chi connectivity index (χ0) is 73.2. The number of aromatic hydroxyl groups is 1. The zero-order valence-electron chi connectivity index (χ0n) is 55.0. The van der Waals surface area contributed by atoms with Gasteiger partial charge in [0.05, 0.1) is 35.2 Å². The molecule has 8 amide bonds. The first-order valence-corrected chi connectivity index (χ1v) is 35.2. The van der Waals surface area contributed by atoms with Gasteiger partial charge in [-0.1, -0.05) is 55.2 Å². The van der Waals surface area contributed by atoms with Gasteiger partial charge in [-0.3, -0.25) is 38.4 Å². The van der Waals surface area contributed by atoms with Crippen LogP contribution in [-0.2, 0) is 46.7 Å². The number of carbonyl (C=O) groups is 8. The Bertz CT molecular complexity index is 4080. The maximum Gasteiger partial charge on any atom is 0.248 e. The number of aliphatic hydroxyl groups is 8. The SMILES string of the molecule is CN[C@H](CC(C)C)C(=O)N[C@H]1C(=O)N[C@@H](CC(N)=O)C(=O)N[C@H]2C(=O)N[C@H]3C(=O)N[C@@H](C(=O)N[C@H](C(=O)NC4C5CC6CC(C5)CC4C6)C4=C(C(O)=CC(O)C4)c4cc3ccc4O)[C@H](O)c3ccc(c(Cl)c3)Oc3cc2cc(c3OC2OC(CO)C(O)C(O)C2O)Oc2ccc(cc2Cl)C1(O)I. The van der Waals surface area contributed by atoms with Crippen molar-refractivity contribution in [2.45, 2.75) is 160 Å². The quantitative estimate of drug-likeness (QED) is 0.0705. The second-order valence-electron chi connectivity index (χ2n) is 27.7. The summed E-state index contributed by atoms with van der Waals surface area (Å²) in [4.78, 5) is 120. The summed E-state index contributed by atoms with van der Waals surface area (Å²) < 4.78 is 22.7. The van der Waals surface area contributed by atoms with Crippen LogP contribution < -0.4 is 62.5 Å². The Labute approximate surface area is 606 Å². The highest BCUT2D eigenvalue weighted by Crippen LogP contribution is 2.55. The Balaban J connectivity index is 1.06. The van der Waals surface area contributed by atoms with E-state index in [-0.39, 0.29) is 85.2 Å². The van der Waals surface area contributed by atoms with Crippen molar-refractivity contribution < 1.29 is 103 Å². The van der Waals surface area contributed by atoms with Crippen molar-refractivity contribution in [2.24, 2.45) is 35.3 Å². The molecule has 0 aromatic heterocycles. The number of amides is 8. The smallest absolute Gasteiger partial charge is 0.248 e. The standard InChI is InChI=1S/C69H78Cl2IN9O21/c1-25(2)10-39(74-3)61(91)81-60-67(97)75-40(23-48(73)86)62(92)77-52-32-18-45(59(102-68-58(90)57(89)56(88)47(24-82)101-68)46(19-32)100-44-9-6-33(20-38(44)71)69(60,72)98)99-43-8-5-29(17-37(43)70)55(87)54-66(96)79-53(65(95)76-50-30-12-26-11-27(14-30)15-31(50)13-26)36-21-34(83)22-42(85)49(36)35-16-28(4-7-41(35)84)51(63(93)80-54)78-64(52)94/h4-9,16-20,22,25-27,30-31,34,39-40,47,50-58,60,68,74,82-85,87-90,98H,10-15,21,23-24H2,1-3H3,(H2,73,86)(H,75,97)(H,76,95)(H,77,92)(H,78,94)(H,79,96)(H,80,93)(H,81,91)/t26?,27?,30?,31?,34?,39-,40+,47?,50?,51-,52-,53+,54-,55-,56?,57?,58?,60+,68?,69?/m1/s1. The van der Waals surface area contributed by atoms with Gasteiger partial charge in [-0.25, -0.2) is 0 Å². The Hall–Kier alpha value is -7.93. The van der Waals surface area contributed by atoms with E-state index >= 15 is 28.8 Å². The molecule has 30 nitrogen and oxygen atoms in total. The lowest BCUT2D eigenvalue weighted by Crippen LogP contribution is -2.62. The van der Waals surface area contributed by atoms with E-state index in [2.05, 4.69) is 42.5 Å². The topological polar surface area (TPSA) is 478 Å². The number of likely N-dealkylation sites (N-methyl/N-ethyl adjacent to an activating group) is 1. The zero-order valence-corrected chi connectivity index (χ0v) is 58.6. The molecule has 5 aliphatic carbocycles. The van der Waals surface area contributed by atoms with Gasteiger partial charge < -0.3 is 113 Å². The molecule has 5 fully saturated rings. The number of nitrogens with two attached hydrogens (primary N) is 1. The summed E-state index contributed by atoms with van der Waals surface area (Å²) >= 11 is 15.6. The number of nitrogens with one attached hydrogen (secondary N) is 8. The minimum absolute atomic E-state index is 0.0859. The summed E-state index contributed by atoms with van der Waals surface area (Å²) in [6.07, 6.45) is -9.04. The van der Waals surface area contributed by atoms with Crippen molar-refractivity contribution in [3.05, 3.63) is 122 Å². The van der Waals surface area contributed by atoms with Crippen LogP contribution in [0.15, 0.2) is 84.1 Å². The van der Waals surface area contributed by atoms with Gasteiger partial charge in [0.1, 0.15) is 83.7 Å². The number of hydrogen-bond acceptors (Lipinski definition) is 22. The van der Waals surface area contributed by atoms with Crippen LogP contribution in [-0.4, -0.2) is 180 Å². The number of primary amides is 1. The van der Waals surface area contributed by atoms with Gasteiger partial charge in [0, 0.05) is 23.6 Å². The van der Waals surface area contributed by atoms with Gasteiger partial charge in [0.25, 0.3) is 0 Å². The second kappa shape index (κ2) is 29.7. The lowest BCUT2D eigenvalue weighted by Gasteiger charge is -2.54. The average Bonchev–Trinajstić information content (AvgIpc) is 0.766.